The van der Waals surface area contributed by atoms with Gasteiger partial charge in [0.05, 0.1) is 10.0 Å². The number of pyridine rings is 1. The Hall–Kier alpha value is -1.87. The maximum Gasteiger partial charge on any atom is 0.325 e. The predicted molar refractivity (Wildman–Crippen MR) is 103 cm³/mol. The maximum atomic E-state index is 12.0. The minimum Gasteiger partial charge on any atom is -0.308 e. The Morgan fingerprint density at radius 2 is 2.04 bits per heavy atom. The molecule has 0 saturated carbocycles. The number of urea groups is 1. The molecule has 6 nitrogen and oxygen atoms in total. The fourth-order valence-electron chi connectivity index (χ4n) is 1.78. The van der Waals surface area contributed by atoms with Crippen LogP contribution in [0.25, 0.3) is 0 Å². The van der Waals surface area contributed by atoms with Crippen LogP contribution in [0.5, 0.6) is 0 Å². The number of aromatic nitrogens is 3. The van der Waals surface area contributed by atoms with E-state index in [2.05, 4.69) is 25.8 Å². The Morgan fingerprint density at radius 3 is 2.80 bits per heavy atom. The zero-order chi connectivity index (χ0) is 17.6. The lowest BCUT2D eigenvalue weighted by molar-refractivity contribution is 0.262. The van der Waals surface area contributed by atoms with Crippen LogP contribution in [0.3, 0.4) is 0 Å². The summed E-state index contributed by atoms with van der Waals surface area (Å²) in [5.41, 5.74) is 1.62. The minimum absolute atomic E-state index is 0.365. The molecule has 3 aromatic rings. The average molecular weight is 412 g/mol. The number of nitrogens with zero attached hydrogens (tertiary/aromatic N) is 3. The minimum atomic E-state index is -0.432. The van der Waals surface area contributed by atoms with Crippen molar-refractivity contribution in [2.24, 2.45) is 0 Å². The number of thioether (sulfide) groups is 1. The summed E-state index contributed by atoms with van der Waals surface area (Å²) in [6, 6.07) is 8.28. The fraction of sp³-hybridized carbons (Fsp3) is 0.0667. The van der Waals surface area contributed by atoms with E-state index in [1.165, 1.54) is 23.1 Å². The van der Waals surface area contributed by atoms with Crippen molar-refractivity contribution >= 4 is 63.2 Å². The molecule has 128 valence electrons. The molecule has 0 atom stereocenters. The highest BCUT2D eigenvalue weighted by atomic mass is 35.5. The molecule has 2 amide bonds. The Morgan fingerprint density at radius 1 is 1.16 bits per heavy atom. The quantitative estimate of drug-likeness (QED) is 0.446. The Balaban J connectivity index is 1.53. The number of hydrogen-bond acceptors (Lipinski definition) is 6. The van der Waals surface area contributed by atoms with Crippen LogP contribution in [0.4, 0.5) is 15.6 Å². The Bertz CT molecular complexity index is 875. The van der Waals surface area contributed by atoms with Crippen LogP contribution >= 0.6 is 46.3 Å². The standard InChI is InChI=1S/C15H11Cl2N5OS2/c16-11-4-3-10(6-12(11)17)19-13(23)20-14-21-22-15(25-14)24-8-9-2-1-5-18-7-9/h1-7H,8H2,(H2,19,20,21,23). The first-order chi connectivity index (χ1) is 12.1. The molecule has 3 rings (SSSR count). The van der Waals surface area contributed by atoms with Gasteiger partial charge >= 0.3 is 6.03 Å². The first-order valence-corrected chi connectivity index (χ1v) is 9.54. The molecule has 10 heteroatoms. The number of benzene rings is 1. The summed E-state index contributed by atoms with van der Waals surface area (Å²) >= 11 is 14.6. The second kappa shape index (κ2) is 8.48. The first kappa shape index (κ1) is 17.9. The molecule has 0 unspecified atom stereocenters. The lowest BCUT2D eigenvalue weighted by atomic mass is 10.3. The molecule has 2 heterocycles. The van der Waals surface area contributed by atoms with Gasteiger partial charge in [0.1, 0.15) is 0 Å². The first-order valence-electron chi connectivity index (χ1n) is 6.98. The van der Waals surface area contributed by atoms with E-state index in [-0.39, 0.29) is 0 Å². The average Bonchev–Trinajstić information content (AvgIpc) is 3.04. The van der Waals surface area contributed by atoms with Gasteiger partial charge < -0.3 is 5.32 Å². The molecule has 0 aliphatic rings. The van der Waals surface area contributed by atoms with Crippen LogP contribution in [0, 0.1) is 0 Å². The van der Waals surface area contributed by atoms with Crippen molar-refractivity contribution in [3.05, 3.63) is 58.3 Å². The Labute approximate surface area is 162 Å². The Kier molecular flexibility index (Phi) is 6.09. The van der Waals surface area contributed by atoms with E-state index >= 15 is 0 Å². The van der Waals surface area contributed by atoms with Crippen LogP contribution in [0.2, 0.25) is 10.0 Å². The third-order valence-electron chi connectivity index (χ3n) is 2.89. The summed E-state index contributed by atoms with van der Waals surface area (Å²) in [5, 5.41) is 14.5. The maximum absolute atomic E-state index is 12.0. The van der Waals surface area contributed by atoms with Crippen LogP contribution in [0.15, 0.2) is 47.1 Å². The highest BCUT2D eigenvalue weighted by molar-refractivity contribution is 8.00. The van der Waals surface area contributed by atoms with Crippen molar-refractivity contribution in [1.29, 1.82) is 0 Å². The van der Waals surface area contributed by atoms with E-state index in [1.807, 2.05) is 12.1 Å². The van der Waals surface area contributed by atoms with E-state index < -0.39 is 6.03 Å². The SMILES string of the molecule is O=C(Nc1ccc(Cl)c(Cl)c1)Nc1nnc(SCc2cccnc2)s1. The predicted octanol–water partition coefficient (Wildman–Crippen LogP) is 5.18. The normalized spacial score (nSPS) is 10.5. The molecule has 25 heavy (non-hydrogen) atoms. The number of rotatable bonds is 5. The number of amides is 2. The smallest absolute Gasteiger partial charge is 0.308 e. The molecule has 0 radical (unpaired) electrons. The van der Waals surface area contributed by atoms with Gasteiger partial charge in [0.15, 0.2) is 4.34 Å². The molecular weight excluding hydrogens is 401 g/mol. The van der Waals surface area contributed by atoms with E-state index in [0.29, 0.717) is 20.9 Å². The summed E-state index contributed by atoms with van der Waals surface area (Å²) in [6.07, 6.45) is 3.53. The van der Waals surface area contributed by atoms with Gasteiger partial charge in [0.25, 0.3) is 0 Å². The van der Waals surface area contributed by atoms with Crippen molar-refractivity contribution in [3.8, 4) is 0 Å². The highest BCUT2D eigenvalue weighted by Gasteiger charge is 2.10. The van der Waals surface area contributed by atoms with Gasteiger partial charge in [-0.3, -0.25) is 10.3 Å². The number of nitrogens with one attached hydrogen (secondary N) is 2. The second-order valence-electron chi connectivity index (χ2n) is 4.73. The van der Waals surface area contributed by atoms with Crippen molar-refractivity contribution in [3.63, 3.8) is 0 Å². The topological polar surface area (TPSA) is 79.8 Å². The molecule has 0 aliphatic carbocycles. The lowest BCUT2D eigenvalue weighted by Gasteiger charge is -2.05. The van der Waals surface area contributed by atoms with Gasteiger partial charge in [-0.25, -0.2) is 4.79 Å². The monoisotopic (exact) mass is 411 g/mol. The van der Waals surface area contributed by atoms with Crippen molar-refractivity contribution in [2.45, 2.75) is 10.1 Å². The lowest BCUT2D eigenvalue weighted by Crippen LogP contribution is -2.19. The van der Waals surface area contributed by atoms with Gasteiger partial charge in [-0.05, 0) is 29.8 Å². The number of halogens is 2. The molecule has 0 spiro atoms. The molecule has 2 aromatic heterocycles. The summed E-state index contributed by atoms with van der Waals surface area (Å²) in [6.45, 7) is 0. The third kappa shape index (κ3) is 5.30. The van der Waals surface area contributed by atoms with Crippen molar-refractivity contribution in [1.82, 2.24) is 15.2 Å². The van der Waals surface area contributed by atoms with E-state index in [9.17, 15) is 4.79 Å². The van der Waals surface area contributed by atoms with Crippen LogP contribution in [-0.4, -0.2) is 21.2 Å². The molecule has 2 N–H and O–H groups in total. The van der Waals surface area contributed by atoms with Crippen LogP contribution in [-0.2, 0) is 5.75 Å². The molecular formula is C15H11Cl2N5OS2. The van der Waals surface area contributed by atoms with Crippen LogP contribution < -0.4 is 10.6 Å². The number of anilines is 2. The van der Waals surface area contributed by atoms with Crippen LogP contribution in [0.1, 0.15) is 5.56 Å². The number of hydrogen-bond donors (Lipinski definition) is 2. The fourth-order valence-corrected chi connectivity index (χ4v) is 3.76. The molecule has 1 aromatic carbocycles. The molecule has 0 fully saturated rings. The van der Waals surface area contributed by atoms with Gasteiger partial charge in [-0.15, -0.1) is 10.2 Å². The summed E-state index contributed by atoms with van der Waals surface area (Å²) in [5.74, 6) is 0.734. The van der Waals surface area contributed by atoms with Gasteiger partial charge in [-0.2, -0.15) is 0 Å². The second-order valence-corrected chi connectivity index (χ2v) is 7.75. The summed E-state index contributed by atoms with van der Waals surface area (Å²) in [4.78, 5) is 16.1. The van der Waals surface area contributed by atoms with E-state index in [4.69, 9.17) is 23.2 Å². The van der Waals surface area contributed by atoms with Gasteiger partial charge in [0.2, 0.25) is 5.13 Å². The molecule has 0 bridgehead atoms. The third-order valence-corrected chi connectivity index (χ3v) is 5.67. The largest absolute Gasteiger partial charge is 0.325 e. The van der Waals surface area contributed by atoms with Crippen molar-refractivity contribution in [2.75, 3.05) is 10.6 Å². The number of carbonyl (C=O) groups excluding carboxylic acids is 1. The van der Waals surface area contributed by atoms with Crippen molar-refractivity contribution < 1.29 is 4.79 Å². The van der Waals surface area contributed by atoms with Gasteiger partial charge in [0, 0.05) is 23.8 Å². The molecule has 0 aliphatic heterocycles. The number of carbonyl (C=O) groups is 1. The van der Waals surface area contributed by atoms with E-state index in [1.54, 1.807) is 30.6 Å². The summed E-state index contributed by atoms with van der Waals surface area (Å²) < 4.78 is 0.758. The summed E-state index contributed by atoms with van der Waals surface area (Å²) in [7, 11) is 0. The zero-order valence-corrected chi connectivity index (χ0v) is 15.7. The molecule has 0 saturated heterocycles. The van der Waals surface area contributed by atoms with Gasteiger partial charge in [-0.1, -0.05) is 52.4 Å². The zero-order valence-electron chi connectivity index (χ0n) is 12.6. The van der Waals surface area contributed by atoms with E-state index in [0.717, 1.165) is 15.7 Å². The highest BCUT2D eigenvalue weighted by Crippen LogP contribution is 2.28.